The van der Waals surface area contributed by atoms with Crippen LogP contribution >= 0.6 is 11.3 Å². The monoisotopic (exact) mass is 264 g/mol. The van der Waals surface area contributed by atoms with E-state index in [9.17, 15) is 0 Å². The molecule has 1 saturated heterocycles. The average molecular weight is 264 g/mol. The van der Waals surface area contributed by atoms with E-state index in [0.29, 0.717) is 5.92 Å². The summed E-state index contributed by atoms with van der Waals surface area (Å²) in [7, 11) is 0. The maximum Gasteiger partial charge on any atom is 0.208 e. The second kappa shape index (κ2) is 6.17. The van der Waals surface area contributed by atoms with Crippen LogP contribution in [-0.2, 0) is 0 Å². The van der Waals surface area contributed by atoms with Crippen molar-refractivity contribution in [2.75, 3.05) is 37.6 Å². The first-order chi connectivity index (χ1) is 8.70. The van der Waals surface area contributed by atoms with E-state index in [4.69, 9.17) is 6.42 Å². The van der Waals surface area contributed by atoms with Gasteiger partial charge in [-0.05, 0) is 0 Å². The summed E-state index contributed by atoms with van der Waals surface area (Å²) >= 11 is 1.72. The van der Waals surface area contributed by atoms with Gasteiger partial charge in [0, 0.05) is 45.1 Å². The standard InChI is InChI=1S/C13H20N4S/c1-4-5-6-16-7-9-17(10-8-16)13-15-14-12(18-13)11(2)3/h1,11H,5-10H2,2-3H3. The third kappa shape index (κ3) is 3.21. The summed E-state index contributed by atoms with van der Waals surface area (Å²) in [5.41, 5.74) is 0. The second-order valence-corrected chi connectivity index (χ2v) is 5.85. The van der Waals surface area contributed by atoms with E-state index in [0.717, 1.165) is 49.3 Å². The highest BCUT2D eigenvalue weighted by atomic mass is 32.1. The Bertz CT molecular complexity index is 413. The number of nitrogens with zero attached hydrogens (tertiary/aromatic N) is 4. The Morgan fingerprint density at radius 2 is 2.00 bits per heavy atom. The first-order valence-corrected chi connectivity index (χ1v) is 7.26. The van der Waals surface area contributed by atoms with Crippen LogP contribution in [0.5, 0.6) is 0 Å². The van der Waals surface area contributed by atoms with Crippen molar-refractivity contribution in [1.29, 1.82) is 0 Å². The maximum atomic E-state index is 5.29. The number of anilines is 1. The molecule has 0 saturated carbocycles. The van der Waals surface area contributed by atoms with Crippen LogP contribution in [0.3, 0.4) is 0 Å². The molecule has 18 heavy (non-hydrogen) atoms. The number of hydrogen-bond donors (Lipinski definition) is 0. The molecule has 98 valence electrons. The van der Waals surface area contributed by atoms with Crippen molar-refractivity contribution in [2.24, 2.45) is 0 Å². The molecule has 1 aromatic heterocycles. The molecule has 2 rings (SSSR count). The van der Waals surface area contributed by atoms with Gasteiger partial charge in [-0.3, -0.25) is 4.90 Å². The number of terminal acetylenes is 1. The van der Waals surface area contributed by atoms with Crippen molar-refractivity contribution >= 4 is 16.5 Å². The van der Waals surface area contributed by atoms with E-state index < -0.39 is 0 Å². The Morgan fingerprint density at radius 1 is 1.28 bits per heavy atom. The van der Waals surface area contributed by atoms with Gasteiger partial charge in [-0.1, -0.05) is 25.2 Å². The molecular formula is C13H20N4S. The van der Waals surface area contributed by atoms with Crippen LogP contribution in [0.4, 0.5) is 5.13 Å². The van der Waals surface area contributed by atoms with Crippen LogP contribution < -0.4 is 4.90 Å². The van der Waals surface area contributed by atoms with Gasteiger partial charge in [0.25, 0.3) is 0 Å². The van der Waals surface area contributed by atoms with E-state index in [1.165, 1.54) is 0 Å². The number of hydrogen-bond acceptors (Lipinski definition) is 5. The normalized spacial score (nSPS) is 17.1. The lowest BCUT2D eigenvalue weighted by molar-refractivity contribution is 0.263. The Balaban J connectivity index is 1.87. The minimum atomic E-state index is 0.466. The molecule has 0 aromatic carbocycles. The molecule has 0 atom stereocenters. The average Bonchev–Trinajstić information content (AvgIpc) is 2.87. The summed E-state index contributed by atoms with van der Waals surface area (Å²) in [6.45, 7) is 9.51. The largest absolute Gasteiger partial charge is 0.344 e. The number of rotatable bonds is 4. The van der Waals surface area contributed by atoms with E-state index in [1.807, 2.05) is 0 Å². The molecule has 1 aliphatic heterocycles. The number of piperazine rings is 1. The fourth-order valence-electron chi connectivity index (χ4n) is 1.97. The highest BCUT2D eigenvalue weighted by Crippen LogP contribution is 2.26. The lowest BCUT2D eigenvalue weighted by Crippen LogP contribution is -2.46. The van der Waals surface area contributed by atoms with Crippen molar-refractivity contribution in [3.05, 3.63) is 5.01 Å². The Labute approximate surface area is 113 Å². The molecule has 2 heterocycles. The van der Waals surface area contributed by atoms with Crippen molar-refractivity contribution in [1.82, 2.24) is 15.1 Å². The highest BCUT2D eigenvalue weighted by Gasteiger charge is 2.20. The zero-order chi connectivity index (χ0) is 13.0. The van der Waals surface area contributed by atoms with Crippen LogP contribution in [0, 0.1) is 12.3 Å². The molecule has 0 radical (unpaired) electrons. The van der Waals surface area contributed by atoms with E-state index in [1.54, 1.807) is 11.3 Å². The Morgan fingerprint density at radius 3 is 2.56 bits per heavy atom. The van der Waals surface area contributed by atoms with Crippen LogP contribution in [0.1, 0.15) is 31.2 Å². The minimum absolute atomic E-state index is 0.466. The first-order valence-electron chi connectivity index (χ1n) is 6.45. The summed E-state index contributed by atoms with van der Waals surface area (Å²) in [6.07, 6.45) is 6.13. The lowest BCUT2D eigenvalue weighted by atomic mass is 10.2. The number of aromatic nitrogens is 2. The zero-order valence-electron chi connectivity index (χ0n) is 11.1. The SMILES string of the molecule is C#CCCN1CCN(c2nnc(C(C)C)s2)CC1. The zero-order valence-corrected chi connectivity index (χ0v) is 11.9. The fraction of sp³-hybridized carbons (Fsp3) is 0.692. The predicted octanol–water partition coefficient (Wildman–Crippen LogP) is 1.81. The summed E-state index contributed by atoms with van der Waals surface area (Å²) < 4.78 is 0. The summed E-state index contributed by atoms with van der Waals surface area (Å²) in [5.74, 6) is 3.16. The van der Waals surface area contributed by atoms with Gasteiger partial charge in [-0.15, -0.1) is 22.5 Å². The van der Waals surface area contributed by atoms with Crippen LogP contribution in [0.15, 0.2) is 0 Å². The maximum absolute atomic E-state index is 5.29. The smallest absolute Gasteiger partial charge is 0.208 e. The molecule has 0 amide bonds. The van der Waals surface area contributed by atoms with E-state index in [2.05, 4.69) is 39.8 Å². The van der Waals surface area contributed by atoms with Gasteiger partial charge in [0.15, 0.2) is 0 Å². The van der Waals surface area contributed by atoms with Crippen molar-refractivity contribution in [3.8, 4) is 12.3 Å². The van der Waals surface area contributed by atoms with E-state index in [-0.39, 0.29) is 0 Å². The van der Waals surface area contributed by atoms with Gasteiger partial charge in [0.1, 0.15) is 5.01 Å². The van der Waals surface area contributed by atoms with Gasteiger partial charge in [0.2, 0.25) is 5.13 Å². The molecule has 0 N–H and O–H groups in total. The predicted molar refractivity (Wildman–Crippen MR) is 76.1 cm³/mol. The van der Waals surface area contributed by atoms with Crippen molar-refractivity contribution in [2.45, 2.75) is 26.2 Å². The second-order valence-electron chi connectivity index (χ2n) is 4.86. The molecule has 5 heteroatoms. The van der Waals surface area contributed by atoms with Gasteiger partial charge >= 0.3 is 0 Å². The molecule has 0 aliphatic carbocycles. The molecule has 0 spiro atoms. The Kier molecular flexibility index (Phi) is 4.56. The molecule has 1 fully saturated rings. The third-order valence-corrected chi connectivity index (χ3v) is 4.42. The van der Waals surface area contributed by atoms with Crippen LogP contribution in [-0.4, -0.2) is 47.8 Å². The van der Waals surface area contributed by atoms with Gasteiger partial charge in [-0.2, -0.15) is 0 Å². The molecule has 1 aliphatic rings. The first kappa shape index (κ1) is 13.3. The molecule has 0 bridgehead atoms. The molecular weight excluding hydrogens is 244 g/mol. The quantitative estimate of drug-likeness (QED) is 0.776. The van der Waals surface area contributed by atoms with E-state index >= 15 is 0 Å². The van der Waals surface area contributed by atoms with Crippen molar-refractivity contribution in [3.63, 3.8) is 0 Å². The fourth-order valence-corrected chi connectivity index (χ4v) is 2.87. The minimum Gasteiger partial charge on any atom is -0.344 e. The van der Waals surface area contributed by atoms with Gasteiger partial charge in [-0.25, -0.2) is 0 Å². The highest BCUT2D eigenvalue weighted by molar-refractivity contribution is 7.15. The summed E-state index contributed by atoms with van der Waals surface area (Å²) in [4.78, 5) is 4.75. The molecule has 1 aromatic rings. The van der Waals surface area contributed by atoms with Crippen LogP contribution in [0.25, 0.3) is 0 Å². The van der Waals surface area contributed by atoms with Gasteiger partial charge in [0.05, 0.1) is 0 Å². The molecule has 0 unspecified atom stereocenters. The van der Waals surface area contributed by atoms with Crippen LogP contribution in [0.2, 0.25) is 0 Å². The van der Waals surface area contributed by atoms with Gasteiger partial charge < -0.3 is 4.90 Å². The summed E-state index contributed by atoms with van der Waals surface area (Å²) in [6, 6.07) is 0. The molecule has 4 nitrogen and oxygen atoms in total. The summed E-state index contributed by atoms with van der Waals surface area (Å²) in [5, 5.41) is 10.7. The third-order valence-electron chi connectivity index (χ3n) is 3.14. The Hall–Kier alpha value is -1.12. The van der Waals surface area contributed by atoms with Crippen molar-refractivity contribution < 1.29 is 0 Å². The topological polar surface area (TPSA) is 32.3 Å². The lowest BCUT2D eigenvalue weighted by Gasteiger charge is -2.33.